The summed E-state index contributed by atoms with van der Waals surface area (Å²) in [6, 6.07) is 14.9. The lowest BCUT2D eigenvalue weighted by molar-refractivity contribution is -0.145. The fourth-order valence-electron chi connectivity index (χ4n) is 3.90. The standard InChI is InChI=1S/C21H16N2O4S/c24-17(14-11-22-15-6-2-1-5-13(14)15)12-27-20(26)21-10-9-19(25)23(21)16-7-3-4-8-18(16)28-21/h1-8,11,22H,9-10,12H2/t21-/m0/s1. The minimum Gasteiger partial charge on any atom is -0.455 e. The van der Waals surface area contributed by atoms with Gasteiger partial charge in [-0.1, -0.05) is 42.1 Å². The number of carbonyl (C=O) groups excluding carboxylic acids is 3. The van der Waals surface area contributed by atoms with E-state index in [9.17, 15) is 14.4 Å². The first kappa shape index (κ1) is 17.1. The molecule has 0 unspecified atom stereocenters. The number of para-hydroxylation sites is 2. The number of ketones is 1. The van der Waals surface area contributed by atoms with Gasteiger partial charge in [0.05, 0.1) is 5.69 Å². The fraction of sp³-hybridized carbons (Fsp3) is 0.190. The number of fused-ring (bicyclic) bond motifs is 4. The lowest BCUT2D eigenvalue weighted by Crippen LogP contribution is -2.48. The monoisotopic (exact) mass is 392 g/mol. The van der Waals surface area contributed by atoms with Crippen molar-refractivity contribution in [1.82, 2.24) is 4.98 Å². The molecule has 0 spiro atoms. The second kappa shape index (κ2) is 6.24. The van der Waals surface area contributed by atoms with E-state index < -0.39 is 10.8 Å². The summed E-state index contributed by atoms with van der Waals surface area (Å²) in [5, 5.41) is 0.794. The molecule has 2 aliphatic rings. The molecule has 1 N–H and O–H groups in total. The molecule has 0 bridgehead atoms. The van der Waals surface area contributed by atoms with Crippen LogP contribution in [0.3, 0.4) is 0 Å². The molecule has 0 radical (unpaired) electrons. The van der Waals surface area contributed by atoms with Crippen LogP contribution in [-0.2, 0) is 14.3 Å². The van der Waals surface area contributed by atoms with Crippen LogP contribution in [-0.4, -0.2) is 34.1 Å². The van der Waals surface area contributed by atoms with E-state index in [1.807, 2.05) is 48.5 Å². The van der Waals surface area contributed by atoms with Gasteiger partial charge < -0.3 is 9.72 Å². The summed E-state index contributed by atoms with van der Waals surface area (Å²) in [5.41, 5.74) is 2.07. The van der Waals surface area contributed by atoms with Gasteiger partial charge in [0.15, 0.2) is 11.5 Å². The number of benzene rings is 2. The van der Waals surface area contributed by atoms with Gasteiger partial charge in [-0.3, -0.25) is 14.5 Å². The van der Waals surface area contributed by atoms with Crippen molar-refractivity contribution >= 4 is 46.0 Å². The van der Waals surface area contributed by atoms with Gasteiger partial charge in [-0.25, -0.2) is 4.79 Å². The highest BCUT2D eigenvalue weighted by atomic mass is 32.2. The van der Waals surface area contributed by atoms with Gasteiger partial charge in [-0.2, -0.15) is 0 Å². The zero-order valence-electron chi connectivity index (χ0n) is 14.8. The zero-order valence-corrected chi connectivity index (χ0v) is 15.6. The number of carbonyl (C=O) groups is 3. The van der Waals surface area contributed by atoms with Gasteiger partial charge in [0.2, 0.25) is 11.7 Å². The SMILES string of the molecule is O=C(COC(=O)[C@@]12CCC(=O)N1c1ccccc1S2)c1c[nH]c2ccccc12. The summed E-state index contributed by atoms with van der Waals surface area (Å²) in [7, 11) is 0. The van der Waals surface area contributed by atoms with Crippen molar-refractivity contribution < 1.29 is 19.1 Å². The number of hydrogen-bond donors (Lipinski definition) is 1. The molecule has 2 aliphatic heterocycles. The summed E-state index contributed by atoms with van der Waals surface area (Å²) in [4.78, 5) is 42.4. The number of nitrogens with one attached hydrogen (secondary N) is 1. The van der Waals surface area contributed by atoms with Crippen molar-refractivity contribution in [2.45, 2.75) is 22.6 Å². The average Bonchev–Trinajstić information content (AvgIpc) is 3.38. The van der Waals surface area contributed by atoms with Crippen molar-refractivity contribution in [3.63, 3.8) is 0 Å². The molecule has 0 saturated carbocycles. The Kier molecular flexibility index (Phi) is 3.80. The first-order valence-electron chi connectivity index (χ1n) is 8.98. The number of esters is 1. The quantitative estimate of drug-likeness (QED) is 0.543. The van der Waals surface area contributed by atoms with Gasteiger partial charge in [-0.05, 0) is 18.2 Å². The first-order chi connectivity index (χ1) is 13.6. The summed E-state index contributed by atoms with van der Waals surface area (Å²) in [6.45, 7) is -0.360. The van der Waals surface area contributed by atoms with Crippen LogP contribution in [0.4, 0.5) is 5.69 Å². The highest BCUT2D eigenvalue weighted by Crippen LogP contribution is 2.56. The van der Waals surface area contributed by atoms with E-state index in [-0.39, 0.29) is 24.7 Å². The molecule has 3 aromatic rings. The topological polar surface area (TPSA) is 79.5 Å². The minimum atomic E-state index is -1.11. The minimum absolute atomic E-state index is 0.0997. The number of nitrogens with zero attached hydrogens (tertiary/aromatic N) is 1. The smallest absolute Gasteiger partial charge is 0.343 e. The number of anilines is 1. The van der Waals surface area contributed by atoms with Gasteiger partial charge in [0.1, 0.15) is 0 Å². The lowest BCUT2D eigenvalue weighted by Gasteiger charge is -2.28. The van der Waals surface area contributed by atoms with Crippen LogP contribution in [0, 0.1) is 0 Å². The number of ether oxygens (including phenoxy) is 1. The van der Waals surface area contributed by atoms with E-state index >= 15 is 0 Å². The maximum atomic E-state index is 13.0. The van der Waals surface area contributed by atoms with E-state index in [0.717, 1.165) is 21.5 Å². The number of thioether (sulfide) groups is 1. The Labute approximate surface area is 164 Å². The Hall–Kier alpha value is -3.06. The van der Waals surface area contributed by atoms with Crippen LogP contribution in [0.15, 0.2) is 59.6 Å². The van der Waals surface area contributed by atoms with Crippen molar-refractivity contribution in [1.29, 1.82) is 0 Å². The van der Waals surface area contributed by atoms with Crippen LogP contribution < -0.4 is 4.90 Å². The Morgan fingerprint density at radius 2 is 1.93 bits per heavy atom. The normalized spacial score (nSPS) is 20.3. The van der Waals surface area contributed by atoms with E-state index in [4.69, 9.17) is 4.74 Å². The highest BCUT2D eigenvalue weighted by Gasteiger charge is 2.58. The molecule has 1 fully saturated rings. The van der Waals surface area contributed by atoms with Crippen LogP contribution in [0.5, 0.6) is 0 Å². The molecule has 7 heteroatoms. The number of aromatic amines is 1. The third-order valence-electron chi connectivity index (χ3n) is 5.22. The molecule has 1 saturated heterocycles. The van der Waals surface area contributed by atoms with Crippen molar-refractivity contribution in [3.8, 4) is 0 Å². The summed E-state index contributed by atoms with van der Waals surface area (Å²) in [5.74, 6) is -0.927. The number of hydrogen-bond acceptors (Lipinski definition) is 5. The van der Waals surface area contributed by atoms with Gasteiger partial charge in [-0.15, -0.1) is 0 Å². The molecule has 28 heavy (non-hydrogen) atoms. The van der Waals surface area contributed by atoms with E-state index in [2.05, 4.69) is 4.98 Å². The molecule has 0 aliphatic carbocycles. The predicted molar refractivity (Wildman–Crippen MR) is 105 cm³/mol. The second-order valence-electron chi connectivity index (χ2n) is 6.83. The molecular weight excluding hydrogens is 376 g/mol. The molecule has 1 aromatic heterocycles. The molecule has 5 rings (SSSR count). The Bertz CT molecular complexity index is 1140. The molecule has 2 aromatic carbocycles. The van der Waals surface area contributed by atoms with Gasteiger partial charge in [0.25, 0.3) is 0 Å². The molecule has 140 valence electrons. The maximum Gasteiger partial charge on any atom is 0.343 e. The van der Waals surface area contributed by atoms with Gasteiger partial charge in [0, 0.05) is 40.4 Å². The average molecular weight is 392 g/mol. The Morgan fingerprint density at radius 3 is 2.82 bits per heavy atom. The summed E-state index contributed by atoms with van der Waals surface area (Å²) >= 11 is 1.33. The number of rotatable bonds is 4. The largest absolute Gasteiger partial charge is 0.455 e. The van der Waals surface area contributed by atoms with Crippen LogP contribution >= 0.6 is 11.8 Å². The predicted octanol–water partition coefficient (Wildman–Crippen LogP) is 3.52. The zero-order chi connectivity index (χ0) is 19.3. The van der Waals surface area contributed by atoms with Crippen LogP contribution in [0.25, 0.3) is 10.9 Å². The van der Waals surface area contributed by atoms with Crippen molar-refractivity contribution in [2.75, 3.05) is 11.5 Å². The fourth-order valence-corrected chi connectivity index (χ4v) is 5.31. The van der Waals surface area contributed by atoms with E-state index in [1.165, 1.54) is 16.7 Å². The highest BCUT2D eigenvalue weighted by molar-refractivity contribution is 8.02. The van der Waals surface area contributed by atoms with Crippen molar-refractivity contribution in [3.05, 3.63) is 60.3 Å². The van der Waals surface area contributed by atoms with Crippen LogP contribution in [0.1, 0.15) is 23.2 Å². The Morgan fingerprint density at radius 1 is 1.14 bits per heavy atom. The molecule has 1 amide bonds. The maximum absolute atomic E-state index is 13.0. The first-order valence-corrected chi connectivity index (χ1v) is 9.79. The third kappa shape index (κ3) is 2.39. The van der Waals surface area contributed by atoms with E-state index in [1.54, 1.807) is 6.20 Å². The Balaban J connectivity index is 1.37. The second-order valence-corrected chi connectivity index (χ2v) is 8.15. The summed E-state index contributed by atoms with van der Waals surface area (Å²) in [6.07, 6.45) is 2.28. The van der Waals surface area contributed by atoms with Crippen molar-refractivity contribution in [2.24, 2.45) is 0 Å². The number of aromatic nitrogens is 1. The summed E-state index contributed by atoms with van der Waals surface area (Å²) < 4.78 is 5.43. The molecule has 1 atom stereocenters. The lowest BCUT2D eigenvalue weighted by atomic mass is 10.1. The molecular formula is C21H16N2O4S. The van der Waals surface area contributed by atoms with E-state index in [0.29, 0.717) is 12.0 Å². The van der Waals surface area contributed by atoms with Crippen LogP contribution in [0.2, 0.25) is 0 Å². The number of H-pyrrole nitrogens is 1. The van der Waals surface area contributed by atoms with Gasteiger partial charge >= 0.3 is 5.97 Å². The molecule has 3 heterocycles. The number of amides is 1. The number of Topliss-reactive ketones (excluding diaryl/α,β-unsaturated/α-hetero) is 1. The molecule has 6 nitrogen and oxygen atoms in total. The third-order valence-corrected chi connectivity index (χ3v) is 6.67.